The maximum absolute atomic E-state index is 12.3. The van der Waals surface area contributed by atoms with Crippen LogP contribution in [0.1, 0.15) is 23.0 Å². The topological polar surface area (TPSA) is 88.7 Å². The molecule has 0 atom stereocenters. The highest BCUT2D eigenvalue weighted by Crippen LogP contribution is 2.28. The molecule has 3 rings (SSSR count). The average molecular weight is 353 g/mol. The van der Waals surface area contributed by atoms with Gasteiger partial charge < -0.3 is 19.2 Å². The lowest BCUT2D eigenvalue weighted by molar-refractivity contribution is 0.0526. The van der Waals surface area contributed by atoms with Crippen LogP contribution < -0.4 is 4.90 Å². The number of carbonyl (C=O) groups excluding carboxylic acids is 1. The minimum atomic E-state index is -0.502. The molecular formula is C19H19N3O4. The molecule has 0 radical (unpaired) electrons. The largest absolute Gasteiger partial charge is 0.507 e. The maximum Gasteiger partial charge on any atom is 0.343 e. The van der Waals surface area contributed by atoms with Crippen molar-refractivity contribution in [2.75, 3.05) is 18.6 Å². The first-order valence-corrected chi connectivity index (χ1v) is 8.16. The molecule has 2 heterocycles. The van der Waals surface area contributed by atoms with Crippen LogP contribution in [0.2, 0.25) is 0 Å². The number of nitrogens with zero attached hydrogens (tertiary/aromatic N) is 3. The molecule has 7 nitrogen and oxygen atoms in total. The van der Waals surface area contributed by atoms with Gasteiger partial charge in [-0.05, 0) is 31.2 Å². The zero-order valence-corrected chi connectivity index (χ0v) is 14.5. The lowest BCUT2D eigenvalue weighted by atomic mass is 10.2. The van der Waals surface area contributed by atoms with Crippen LogP contribution >= 0.6 is 0 Å². The third kappa shape index (κ3) is 3.66. The van der Waals surface area contributed by atoms with Gasteiger partial charge in [-0.1, -0.05) is 12.1 Å². The molecule has 0 spiro atoms. The highest BCUT2D eigenvalue weighted by Gasteiger charge is 2.21. The zero-order chi connectivity index (χ0) is 18.5. The lowest BCUT2D eigenvalue weighted by Gasteiger charge is -2.20. The van der Waals surface area contributed by atoms with Crippen molar-refractivity contribution >= 4 is 11.8 Å². The number of rotatable bonds is 6. The summed E-state index contributed by atoms with van der Waals surface area (Å²) in [6.07, 6.45) is 3.00. The smallest absolute Gasteiger partial charge is 0.343 e. The third-order valence-electron chi connectivity index (χ3n) is 3.74. The summed E-state index contributed by atoms with van der Waals surface area (Å²) in [5.74, 6) is 1.00. The van der Waals surface area contributed by atoms with Crippen molar-refractivity contribution < 1.29 is 19.1 Å². The maximum atomic E-state index is 12.3. The van der Waals surface area contributed by atoms with Gasteiger partial charge in [-0.2, -0.15) is 0 Å². The summed E-state index contributed by atoms with van der Waals surface area (Å²) in [6, 6.07) is 10.4. The summed E-state index contributed by atoms with van der Waals surface area (Å²) in [5.41, 5.74) is 0.732. The Morgan fingerprint density at radius 2 is 2.08 bits per heavy atom. The Morgan fingerprint density at radius 1 is 1.27 bits per heavy atom. The van der Waals surface area contributed by atoms with Crippen molar-refractivity contribution in [2.24, 2.45) is 0 Å². The first-order valence-electron chi connectivity index (χ1n) is 8.16. The van der Waals surface area contributed by atoms with Crippen LogP contribution in [0.5, 0.6) is 5.75 Å². The Bertz CT molecular complexity index is 894. The van der Waals surface area contributed by atoms with Gasteiger partial charge in [-0.25, -0.2) is 14.8 Å². The van der Waals surface area contributed by atoms with Crippen LogP contribution in [0.25, 0.3) is 11.4 Å². The summed E-state index contributed by atoms with van der Waals surface area (Å²) >= 11 is 0. The van der Waals surface area contributed by atoms with E-state index in [0.717, 1.165) is 5.76 Å². The molecule has 0 aliphatic heterocycles. The molecule has 0 unspecified atom stereocenters. The number of hydrogen-bond donors (Lipinski definition) is 1. The van der Waals surface area contributed by atoms with E-state index in [1.165, 1.54) is 6.20 Å². The van der Waals surface area contributed by atoms with Crippen LogP contribution in [0.4, 0.5) is 5.82 Å². The number of para-hydroxylation sites is 1. The standard InChI is InChI=1S/C19H19N3O4/c1-3-25-19(24)15-11-20-17(14-8-4-5-9-16(14)23)21-18(15)22(2)12-13-7-6-10-26-13/h4-11,23H,3,12H2,1-2H3. The van der Waals surface area contributed by atoms with Crippen LogP contribution in [-0.2, 0) is 11.3 Å². The van der Waals surface area contributed by atoms with Crippen molar-refractivity contribution in [3.8, 4) is 17.1 Å². The van der Waals surface area contributed by atoms with Crippen LogP contribution in [0, 0.1) is 0 Å². The quantitative estimate of drug-likeness (QED) is 0.680. The number of phenolic OH excluding ortho intramolecular Hbond substituents is 1. The second-order valence-corrected chi connectivity index (χ2v) is 5.60. The fraction of sp³-hybridized carbons (Fsp3) is 0.211. The molecule has 2 aromatic heterocycles. The molecular weight excluding hydrogens is 334 g/mol. The molecule has 0 saturated carbocycles. The predicted octanol–water partition coefficient (Wildman–Crippen LogP) is 3.26. The number of aromatic hydroxyl groups is 1. The number of aromatic nitrogens is 2. The number of phenols is 1. The molecule has 7 heteroatoms. The number of hydrogen-bond acceptors (Lipinski definition) is 7. The second kappa shape index (κ2) is 7.69. The Morgan fingerprint density at radius 3 is 2.77 bits per heavy atom. The van der Waals surface area contributed by atoms with Gasteiger partial charge in [0, 0.05) is 13.2 Å². The molecule has 0 fully saturated rings. The first-order chi connectivity index (χ1) is 12.6. The monoisotopic (exact) mass is 353 g/mol. The second-order valence-electron chi connectivity index (χ2n) is 5.60. The Kier molecular flexibility index (Phi) is 5.17. The minimum absolute atomic E-state index is 0.0658. The van der Waals surface area contributed by atoms with E-state index in [1.54, 1.807) is 55.5 Å². The third-order valence-corrected chi connectivity index (χ3v) is 3.74. The van der Waals surface area contributed by atoms with E-state index in [4.69, 9.17) is 9.15 Å². The molecule has 0 amide bonds. The number of benzene rings is 1. The van der Waals surface area contributed by atoms with E-state index in [-0.39, 0.29) is 17.9 Å². The number of esters is 1. The molecule has 134 valence electrons. The van der Waals surface area contributed by atoms with E-state index in [9.17, 15) is 9.90 Å². The average Bonchev–Trinajstić information content (AvgIpc) is 3.15. The molecule has 0 aliphatic carbocycles. The van der Waals surface area contributed by atoms with Crippen molar-refractivity contribution in [2.45, 2.75) is 13.5 Å². The molecule has 1 N–H and O–H groups in total. The van der Waals surface area contributed by atoms with Gasteiger partial charge >= 0.3 is 5.97 Å². The normalized spacial score (nSPS) is 10.5. The van der Waals surface area contributed by atoms with Crippen LogP contribution in [-0.4, -0.2) is 34.7 Å². The van der Waals surface area contributed by atoms with E-state index >= 15 is 0 Å². The molecule has 0 aliphatic rings. The summed E-state index contributed by atoms with van der Waals surface area (Å²) < 4.78 is 10.5. The summed E-state index contributed by atoms with van der Waals surface area (Å²) in [7, 11) is 1.79. The summed E-state index contributed by atoms with van der Waals surface area (Å²) in [5, 5.41) is 10.1. The minimum Gasteiger partial charge on any atom is -0.507 e. The van der Waals surface area contributed by atoms with Gasteiger partial charge in [0.2, 0.25) is 0 Å². The van der Waals surface area contributed by atoms with Gasteiger partial charge in [-0.3, -0.25) is 0 Å². The fourth-order valence-electron chi connectivity index (χ4n) is 2.52. The van der Waals surface area contributed by atoms with E-state index in [1.807, 2.05) is 6.07 Å². The van der Waals surface area contributed by atoms with Crippen molar-refractivity contribution in [1.29, 1.82) is 0 Å². The molecule has 1 aromatic carbocycles. The summed E-state index contributed by atoms with van der Waals surface area (Å²) in [4.78, 5) is 22.8. The predicted molar refractivity (Wildman–Crippen MR) is 95.9 cm³/mol. The van der Waals surface area contributed by atoms with Gasteiger partial charge in [-0.15, -0.1) is 0 Å². The van der Waals surface area contributed by atoms with Gasteiger partial charge in [0.1, 0.15) is 22.9 Å². The number of furan rings is 1. The van der Waals surface area contributed by atoms with Gasteiger partial charge in [0.05, 0.1) is 25.0 Å². The van der Waals surface area contributed by atoms with Crippen LogP contribution in [0.15, 0.2) is 53.3 Å². The van der Waals surface area contributed by atoms with Crippen molar-refractivity contribution in [3.05, 3.63) is 60.2 Å². The molecule has 0 bridgehead atoms. The number of anilines is 1. The lowest BCUT2D eigenvalue weighted by Crippen LogP contribution is -2.22. The van der Waals surface area contributed by atoms with Gasteiger partial charge in [0.15, 0.2) is 5.82 Å². The van der Waals surface area contributed by atoms with Crippen molar-refractivity contribution in [3.63, 3.8) is 0 Å². The fourth-order valence-corrected chi connectivity index (χ4v) is 2.52. The Labute approximate surface area is 150 Å². The Hall–Kier alpha value is -3.35. The summed E-state index contributed by atoms with van der Waals surface area (Å²) in [6.45, 7) is 2.40. The SMILES string of the molecule is CCOC(=O)c1cnc(-c2ccccc2O)nc1N(C)Cc1ccco1. The highest BCUT2D eigenvalue weighted by molar-refractivity contribution is 5.94. The number of ether oxygens (including phenoxy) is 1. The zero-order valence-electron chi connectivity index (χ0n) is 14.5. The van der Waals surface area contributed by atoms with E-state index < -0.39 is 5.97 Å². The molecule has 0 saturated heterocycles. The molecule has 3 aromatic rings. The van der Waals surface area contributed by atoms with Gasteiger partial charge in [0.25, 0.3) is 0 Å². The van der Waals surface area contributed by atoms with E-state index in [0.29, 0.717) is 23.8 Å². The Balaban J connectivity index is 2.03. The first kappa shape index (κ1) is 17.5. The number of carbonyl (C=O) groups is 1. The highest BCUT2D eigenvalue weighted by atomic mass is 16.5. The molecule has 26 heavy (non-hydrogen) atoms. The van der Waals surface area contributed by atoms with Crippen molar-refractivity contribution in [1.82, 2.24) is 9.97 Å². The van der Waals surface area contributed by atoms with E-state index in [2.05, 4.69) is 9.97 Å². The van der Waals surface area contributed by atoms with Crippen LogP contribution in [0.3, 0.4) is 0 Å².